The van der Waals surface area contributed by atoms with E-state index >= 15 is 0 Å². The van der Waals surface area contributed by atoms with E-state index in [1.807, 2.05) is 11.8 Å². The summed E-state index contributed by atoms with van der Waals surface area (Å²) in [5.41, 5.74) is 6.91. The number of halogens is 1. The summed E-state index contributed by atoms with van der Waals surface area (Å²) >= 11 is 5.31. The van der Waals surface area contributed by atoms with E-state index in [1.54, 1.807) is 0 Å². The first-order valence-corrected chi connectivity index (χ1v) is 6.21. The van der Waals surface area contributed by atoms with Gasteiger partial charge in [0.1, 0.15) is 0 Å². The largest absolute Gasteiger partial charge is 0.326 e. The molecule has 0 amide bonds. The van der Waals surface area contributed by atoms with Gasteiger partial charge in [-0.2, -0.15) is 0 Å². The van der Waals surface area contributed by atoms with E-state index in [0.717, 1.165) is 4.47 Å². The second-order valence-electron chi connectivity index (χ2n) is 4.17. The molecule has 0 aliphatic heterocycles. The number of benzene rings is 1. The van der Waals surface area contributed by atoms with Gasteiger partial charge in [-0.15, -0.1) is 11.8 Å². The fourth-order valence-corrected chi connectivity index (χ4v) is 2.61. The molecule has 0 radical (unpaired) electrons. The van der Waals surface area contributed by atoms with Crippen LogP contribution >= 0.6 is 27.7 Å². The Bertz CT molecular complexity index is 318. The zero-order valence-electron chi connectivity index (χ0n) is 8.80. The molecule has 1 aromatic rings. The van der Waals surface area contributed by atoms with E-state index in [9.17, 15) is 0 Å². The molecule has 0 saturated carbocycles. The highest BCUT2D eigenvalue weighted by Gasteiger charge is 2.14. The lowest BCUT2D eigenvalue weighted by Gasteiger charge is -2.19. The van der Waals surface area contributed by atoms with Crippen LogP contribution in [-0.4, -0.2) is 4.75 Å². The Kier molecular flexibility index (Phi) is 4.04. The van der Waals surface area contributed by atoms with E-state index in [2.05, 4.69) is 54.9 Å². The Morgan fingerprint density at radius 2 is 2.00 bits per heavy atom. The van der Waals surface area contributed by atoms with E-state index in [0.29, 0.717) is 6.54 Å². The molecule has 2 N–H and O–H groups in total. The number of nitrogens with two attached hydrogens (primary N) is 1. The van der Waals surface area contributed by atoms with E-state index in [4.69, 9.17) is 5.73 Å². The molecule has 1 rings (SSSR count). The van der Waals surface area contributed by atoms with Crippen LogP contribution in [0.5, 0.6) is 0 Å². The monoisotopic (exact) mass is 273 g/mol. The summed E-state index contributed by atoms with van der Waals surface area (Å²) in [6, 6.07) is 6.28. The summed E-state index contributed by atoms with van der Waals surface area (Å²) in [5, 5.41) is 0. The average molecular weight is 274 g/mol. The van der Waals surface area contributed by atoms with Gasteiger partial charge in [0.25, 0.3) is 0 Å². The van der Waals surface area contributed by atoms with Gasteiger partial charge in [0, 0.05) is 20.7 Å². The molecule has 0 saturated heterocycles. The first-order valence-electron chi connectivity index (χ1n) is 4.60. The lowest BCUT2D eigenvalue weighted by atomic mass is 10.2. The highest BCUT2D eigenvalue weighted by molar-refractivity contribution is 9.10. The summed E-state index contributed by atoms with van der Waals surface area (Å²) in [6.07, 6.45) is 0. The Labute approximate surface area is 98.6 Å². The maximum absolute atomic E-state index is 5.70. The van der Waals surface area contributed by atoms with Crippen molar-refractivity contribution < 1.29 is 0 Å². The van der Waals surface area contributed by atoms with Gasteiger partial charge in [-0.1, -0.05) is 36.7 Å². The van der Waals surface area contributed by atoms with Crippen LogP contribution < -0.4 is 5.73 Å². The number of rotatable bonds is 2. The van der Waals surface area contributed by atoms with Crippen molar-refractivity contribution >= 4 is 27.7 Å². The Hall–Kier alpha value is 0.01000. The van der Waals surface area contributed by atoms with Crippen LogP contribution in [0.3, 0.4) is 0 Å². The first-order chi connectivity index (χ1) is 6.42. The third kappa shape index (κ3) is 3.64. The summed E-state index contributed by atoms with van der Waals surface area (Å²) in [4.78, 5) is 1.28. The van der Waals surface area contributed by atoms with Gasteiger partial charge in [-0.25, -0.2) is 0 Å². The molecule has 14 heavy (non-hydrogen) atoms. The highest BCUT2D eigenvalue weighted by Crippen LogP contribution is 2.35. The Balaban J connectivity index is 2.97. The zero-order valence-corrected chi connectivity index (χ0v) is 11.2. The van der Waals surface area contributed by atoms with Crippen molar-refractivity contribution in [1.82, 2.24) is 0 Å². The lowest BCUT2D eigenvalue weighted by Crippen LogP contribution is -2.08. The molecule has 1 nitrogen and oxygen atoms in total. The Morgan fingerprint density at radius 1 is 1.36 bits per heavy atom. The van der Waals surface area contributed by atoms with E-state index < -0.39 is 0 Å². The summed E-state index contributed by atoms with van der Waals surface area (Å²) in [7, 11) is 0. The van der Waals surface area contributed by atoms with Crippen molar-refractivity contribution in [3.63, 3.8) is 0 Å². The average Bonchev–Trinajstić information content (AvgIpc) is 2.06. The Morgan fingerprint density at radius 3 is 2.50 bits per heavy atom. The topological polar surface area (TPSA) is 26.0 Å². The lowest BCUT2D eigenvalue weighted by molar-refractivity contribution is 0.801. The van der Waals surface area contributed by atoms with Gasteiger partial charge >= 0.3 is 0 Å². The van der Waals surface area contributed by atoms with Gasteiger partial charge in [0.15, 0.2) is 0 Å². The summed E-state index contributed by atoms with van der Waals surface area (Å²) < 4.78 is 1.33. The van der Waals surface area contributed by atoms with Crippen LogP contribution in [0.25, 0.3) is 0 Å². The van der Waals surface area contributed by atoms with E-state index in [1.165, 1.54) is 10.5 Å². The van der Waals surface area contributed by atoms with Crippen molar-refractivity contribution in [1.29, 1.82) is 0 Å². The molecule has 0 spiro atoms. The second-order valence-corrected chi connectivity index (χ2v) is 6.95. The number of thioether (sulfide) groups is 1. The molecule has 0 unspecified atom stereocenters. The molecule has 0 bridgehead atoms. The second kappa shape index (κ2) is 4.69. The summed E-state index contributed by atoms with van der Waals surface area (Å²) in [6.45, 7) is 7.22. The maximum atomic E-state index is 5.70. The van der Waals surface area contributed by atoms with Crippen molar-refractivity contribution in [2.24, 2.45) is 5.73 Å². The van der Waals surface area contributed by atoms with Crippen LogP contribution in [0, 0.1) is 0 Å². The van der Waals surface area contributed by atoms with Crippen LogP contribution in [0.2, 0.25) is 0 Å². The van der Waals surface area contributed by atoms with E-state index in [-0.39, 0.29) is 4.75 Å². The predicted molar refractivity (Wildman–Crippen MR) is 67.6 cm³/mol. The zero-order chi connectivity index (χ0) is 10.8. The van der Waals surface area contributed by atoms with Crippen molar-refractivity contribution in [2.75, 3.05) is 0 Å². The molecular weight excluding hydrogens is 258 g/mol. The quantitative estimate of drug-likeness (QED) is 0.830. The molecule has 78 valence electrons. The van der Waals surface area contributed by atoms with Crippen LogP contribution in [-0.2, 0) is 6.54 Å². The third-order valence-electron chi connectivity index (χ3n) is 1.66. The molecule has 0 aliphatic carbocycles. The number of hydrogen-bond acceptors (Lipinski definition) is 2. The van der Waals surface area contributed by atoms with Gasteiger partial charge in [-0.05, 0) is 23.8 Å². The highest BCUT2D eigenvalue weighted by atomic mass is 79.9. The van der Waals surface area contributed by atoms with Gasteiger partial charge in [0.05, 0.1) is 0 Å². The third-order valence-corrected chi connectivity index (χ3v) is 3.38. The molecule has 0 aromatic heterocycles. The van der Waals surface area contributed by atoms with Crippen molar-refractivity contribution in [3.8, 4) is 0 Å². The SMILES string of the molecule is CC(C)(C)Sc1ccc(Br)cc1CN. The van der Waals surface area contributed by atoms with Crippen molar-refractivity contribution in [3.05, 3.63) is 28.2 Å². The molecule has 0 heterocycles. The van der Waals surface area contributed by atoms with Crippen molar-refractivity contribution in [2.45, 2.75) is 37.0 Å². The van der Waals surface area contributed by atoms with Crippen LogP contribution in [0.15, 0.2) is 27.6 Å². The fraction of sp³-hybridized carbons (Fsp3) is 0.455. The minimum Gasteiger partial charge on any atom is -0.326 e. The van der Waals surface area contributed by atoms with Crippen LogP contribution in [0.4, 0.5) is 0 Å². The smallest absolute Gasteiger partial charge is 0.0189 e. The molecule has 1 aromatic carbocycles. The van der Waals surface area contributed by atoms with Gasteiger partial charge in [0.2, 0.25) is 0 Å². The summed E-state index contributed by atoms with van der Waals surface area (Å²) in [5.74, 6) is 0. The minimum absolute atomic E-state index is 0.234. The van der Waals surface area contributed by atoms with Gasteiger partial charge < -0.3 is 5.73 Å². The van der Waals surface area contributed by atoms with Gasteiger partial charge in [-0.3, -0.25) is 0 Å². The minimum atomic E-state index is 0.234. The molecular formula is C11H16BrNS. The first kappa shape index (κ1) is 12.1. The normalized spacial score (nSPS) is 11.8. The molecule has 3 heteroatoms. The van der Waals surface area contributed by atoms with Crippen LogP contribution in [0.1, 0.15) is 26.3 Å². The molecule has 0 fully saturated rings. The predicted octanol–water partition coefficient (Wildman–Crippen LogP) is 3.80. The standard InChI is InChI=1S/C11H16BrNS/c1-11(2,3)14-10-5-4-9(12)6-8(10)7-13/h4-6H,7,13H2,1-3H3. The maximum Gasteiger partial charge on any atom is 0.0189 e. The number of hydrogen-bond donors (Lipinski definition) is 1. The fourth-order valence-electron chi connectivity index (χ4n) is 1.14. The molecule has 0 atom stereocenters. The molecule has 0 aliphatic rings.